The highest BCUT2D eigenvalue weighted by atomic mass is 32.1. The van der Waals surface area contributed by atoms with E-state index < -0.39 is 0 Å². The predicted molar refractivity (Wildman–Crippen MR) is 62.6 cm³/mol. The third-order valence-electron chi connectivity index (χ3n) is 3.34. The molecule has 1 saturated heterocycles. The summed E-state index contributed by atoms with van der Waals surface area (Å²) in [6.45, 7) is 2.93. The van der Waals surface area contributed by atoms with Gasteiger partial charge in [0.1, 0.15) is 0 Å². The summed E-state index contributed by atoms with van der Waals surface area (Å²) in [5, 5.41) is 2.09. The molecule has 2 atom stereocenters. The van der Waals surface area contributed by atoms with E-state index in [4.69, 9.17) is 4.74 Å². The molecule has 2 heterocycles. The number of ether oxygens (including phenoxy) is 1. The van der Waals surface area contributed by atoms with Crippen LogP contribution in [0.1, 0.15) is 17.2 Å². The van der Waals surface area contributed by atoms with Crippen molar-refractivity contribution in [1.29, 1.82) is 0 Å². The molecule has 0 spiro atoms. The van der Waals surface area contributed by atoms with Gasteiger partial charge < -0.3 is 9.64 Å². The van der Waals surface area contributed by atoms with Gasteiger partial charge in [-0.25, -0.2) is 0 Å². The normalized spacial score (nSPS) is 29.1. The van der Waals surface area contributed by atoms with Crippen LogP contribution in [0.2, 0.25) is 0 Å². The van der Waals surface area contributed by atoms with Crippen LogP contribution in [0.4, 0.5) is 0 Å². The summed E-state index contributed by atoms with van der Waals surface area (Å²) in [5.74, 6) is 1.08. The molecule has 3 nitrogen and oxygen atoms in total. The summed E-state index contributed by atoms with van der Waals surface area (Å²) in [6, 6.07) is 4.20. The van der Waals surface area contributed by atoms with E-state index in [1.807, 2.05) is 4.90 Å². The van der Waals surface area contributed by atoms with Crippen LogP contribution in [-0.4, -0.2) is 37.1 Å². The first-order valence-corrected chi connectivity index (χ1v) is 6.64. The molecule has 1 aliphatic heterocycles. The highest BCUT2D eigenvalue weighted by molar-refractivity contribution is 7.10. The van der Waals surface area contributed by atoms with Crippen molar-refractivity contribution in [2.45, 2.75) is 12.3 Å². The number of morpholine rings is 1. The van der Waals surface area contributed by atoms with Crippen molar-refractivity contribution < 1.29 is 9.53 Å². The van der Waals surface area contributed by atoms with Crippen LogP contribution in [0, 0.1) is 5.92 Å². The number of carbonyl (C=O) groups excluding carboxylic acids is 1. The molecule has 1 amide bonds. The Morgan fingerprint density at radius 3 is 2.94 bits per heavy atom. The number of thiophene rings is 1. The smallest absolute Gasteiger partial charge is 0.226 e. The van der Waals surface area contributed by atoms with Gasteiger partial charge in [-0.2, -0.15) is 0 Å². The summed E-state index contributed by atoms with van der Waals surface area (Å²) >= 11 is 1.77. The SMILES string of the molecule is O=C(C1CC1c1cccs1)N1CCOCC1. The summed E-state index contributed by atoms with van der Waals surface area (Å²) in [5.41, 5.74) is 0. The lowest BCUT2D eigenvalue weighted by Crippen LogP contribution is -2.41. The van der Waals surface area contributed by atoms with E-state index in [-0.39, 0.29) is 5.92 Å². The van der Waals surface area contributed by atoms with Crippen molar-refractivity contribution in [2.24, 2.45) is 5.92 Å². The molecule has 0 aromatic carbocycles. The molecule has 2 fully saturated rings. The standard InChI is InChI=1S/C12H15NO2S/c14-12(13-3-5-15-6-4-13)10-8-9(10)11-2-1-7-16-11/h1-2,7,9-10H,3-6,8H2. The predicted octanol–water partition coefficient (Wildman–Crippen LogP) is 1.71. The van der Waals surface area contributed by atoms with Crippen LogP contribution in [0.3, 0.4) is 0 Å². The molecule has 0 radical (unpaired) electrons. The molecule has 1 aromatic heterocycles. The second kappa shape index (κ2) is 4.18. The van der Waals surface area contributed by atoms with Gasteiger partial charge in [-0.1, -0.05) is 6.07 Å². The van der Waals surface area contributed by atoms with E-state index in [0.29, 0.717) is 25.0 Å². The molecule has 1 aliphatic carbocycles. The van der Waals surface area contributed by atoms with Crippen molar-refractivity contribution >= 4 is 17.2 Å². The Morgan fingerprint density at radius 2 is 2.25 bits per heavy atom. The maximum Gasteiger partial charge on any atom is 0.226 e. The maximum atomic E-state index is 12.1. The van der Waals surface area contributed by atoms with Gasteiger partial charge in [0.25, 0.3) is 0 Å². The quantitative estimate of drug-likeness (QED) is 0.783. The van der Waals surface area contributed by atoms with Crippen LogP contribution in [0.15, 0.2) is 17.5 Å². The van der Waals surface area contributed by atoms with Crippen LogP contribution >= 0.6 is 11.3 Å². The zero-order valence-electron chi connectivity index (χ0n) is 9.09. The number of nitrogens with zero attached hydrogens (tertiary/aromatic N) is 1. The lowest BCUT2D eigenvalue weighted by atomic mass is 10.2. The van der Waals surface area contributed by atoms with E-state index in [1.54, 1.807) is 11.3 Å². The highest BCUT2D eigenvalue weighted by Crippen LogP contribution is 2.49. The van der Waals surface area contributed by atoms with Gasteiger partial charge in [-0.15, -0.1) is 11.3 Å². The molecule has 2 aliphatic rings. The van der Waals surface area contributed by atoms with Gasteiger partial charge in [-0.3, -0.25) is 4.79 Å². The van der Waals surface area contributed by atoms with Gasteiger partial charge in [0.05, 0.1) is 13.2 Å². The van der Waals surface area contributed by atoms with Gasteiger partial charge in [0, 0.05) is 29.8 Å². The minimum atomic E-state index is 0.247. The molecule has 3 rings (SSSR count). The Morgan fingerprint density at radius 1 is 1.44 bits per heavy atom. The van der Waals surface area contributed by atoms with Crippen LogP contribution in [-0.2, 0) is 9.53 Å². The number of hydrogen-bond acceptors (Lipinski definition) is 3. The molecular formula is C12H15NO2S. The lowest BCUT2D eigenvalue weighted by molar-refractivity contribution is -0.136. The Labute approximate surface area is 99.0 Å². The Hall–Kier alpha value is -0.870. The highest BCUT2D eigenvalue weighted by Gasteiger charge is 2.46. The summed E-state index contributed by atoms with van der Waals surface area (Å²) in [6.07, 6.45) is 1.04. The fraction of sp³-hybridized carbons (Fsp3) is 0.583. The third kappa shape index (κ3) is 1.87. The minimum Gasteiger partial charge on any atom is -0.378 e. The van der Waals surface area contributed by atoms with Gasteiger partial charge in [0.15, 0.2) is 0 Å². The van der Waals surface area contributed by atoms with E-state index in [2.05, 4.69) is 17.5 Å². The Balaban J connectivity index is 1.61. The zero-order chi connectivity index (χ0) is 11.0. The van der Waals surface area contributed by atoms with Crippen molar-refractivity contribution in [3.05, 3.63) is 22.4 Å². The molecule has 16 heavy (non-hydrogen) atoms. The average molecular weight is 237 g/mol. The van der Waals surface area contributed by atoms with Crippen molar-refractivity contribution in [1.82, 2.24) is 4.90 Å². The molecule has 1 saturated carbocycles. The van der Waals surface area contributed by atoms with Crippen molar-refractivity contribution in [2.75, 3.05) is 26.3 Å². The molecule has 1 aromatic rings. The number of rotatable bonds is 2. The molecule has 86 valence electrons. The fourth-order valence-electron chi connectivity index (χ4n) is 2.30. The summed E-state index contributed by atoms with van der Waals surface area (Å²) in [4.78, 5) is 15.5. The molecular weight excluding hydrogens is 222 g/mol. The first kappa shape index (κ1) is 10.3. The van der Waals surface area contributed by atoms with Crippen LogP contribution in [0.25, 0.3) is 0 Å². The van der Waals surface area contributed by atoms with Gasteiger partial charge in [-0.05, 0) is 17.9 Å². The Bertz CT molecular complexity index is 370. The van der Waals surface area contributed by atoms with Gasteiger partial charge >= 0.3 is 0 Å². The number of amides is 1. The first-order chi connectivity index (χ1) is 7.86. The Kier molecular flexibility index (Phi) is 2.69. The second-order valence-corrected chi connectivity index (χ2v) is 5.38. The molecule has 0 bridgehead atoms. The maximum absolute atomic E-state index is 12.1. The average Bonchev–Trinajstić information content (AvgIpc) is 2.95. The van der Waals surface area contributed by atoms with Crippen LogP contribution in [0.5, 0.6) is 0 Å². The molecule has 0 N–H and O–H groups in total. The lowest BCUT2D eigenvalue weighted by Gasteiger charge is -2.27. The largest absolute Gasteiger partial charge is 0.378 e. The third-order valence-corrected chi connectivity index (χ3v) is 4.34. The van der Waals surface area contributed by atoms with E-state index in [9.17, 15) is 4.79 Å². The zero-order valence-corrected chi connectivity index (χ0v) is 9.91. The fourth-order valence-corrected chi connectivity index (χ4v) is 3.21. The van der Waals surface area contributed by atoms with Gasteiger partial charge in [0.2, 0.25) is 5.91 Å². The number of carbonyl (C=O) groups is 1. The van der Waals surface area contributed by atoms with Crippen molar-refractivity contribution in [3.8, 4) is 0 Å². The number of hydrogen-bond donors (Lipinski definition) is 0. The second-order valence-electron chi connectivity index (χ2n) is 4.40. The molecule has 4 heteroatoms. The van der Waals surface area contributed by atoms with E-state index in [0.717, 1.165) is 19.5 Å². The van der Waals surface area contributed by atoms with Crippen molar-refractivity contribution in [3.63, 3.8) is 0 Å². The molecule has 2 unspecified atom stereocenters. The topological polar surface area (TPSA) is 29.5 Å². The minimum absolute atomic E-state index is 0.247. The summed E-state index contributed by atoms with van der Waals surface area (Å²) < 4.78 is 5.26. The van der Waals surface area contributed by atoms with E-state index in [1.165, 1.54) is 4.88 Å². The van der Waals surface area contributed by atoms with Crippen LogP contribution < -0.4 is 0 Å². The monoisotopic (exact) mass is 237 g/mol. The first-order valence-electron chi connectivity index (χ1n) is 5.76. The summed E-state index contributed by atoms with van der Waals surface area (Å²) in [7, 11) is 0. The van der Waals surface area contributed by atoms with E-state index >= 15 is 0 Å².